The maximum atomic E-state index is 11.5. The number of carbonyl (C=O) groups excluding carboxylic acids is 1. The van der Waals surface area contributed by atoms with Gasteiger partial charge >= 0.3 is 0 Å². The number of hydrogen-bond donors (Lipinski definition) is 1. The molecule has 0 saturated carbocycles. The van der Waals surface area contributed by atoms with Gasteiger partial charge < -0.3 is 15.6 Å². The molecule has 0 aromatic heterocycles. The molecule has 1 aromatic carbocycles. The van der Waals surface area contributed by atoms with Crippen molar-refractivity contribution in [2.45, 2.75) is 6.92 Å². The fourth-order valence-electron chi connectivity index (χ4n) is 1.22. The van der Waals surface area contributed by atoms with Gasteiger partial charge in [-0.05, 0) is 26.1 Å². The molecular formula is C11H15N2O2-. The molecule has 0 atom stereocenters. The molecule has 4 heteroatoms. The van der Waals surface area contributed by atoms with Crippen LogP contribution in [0.2, 0.25) is 0 Å². The number of likely N-dealkylation sites (N-methyl/N-ethyl adjacent to an activating group) is 1. The Balaban J connectivity index is 2.47. The van der Waals surface area contributed by atoms with Crippen molar-refractivity contribution in [2.75, 3.05) is 20.1 Å². The Hall–Kier alpha value is -1.39. The van der Waals surface area contributed by atoms with Crippen LogP contribution in [0.1, 0.15) is 15.9 Å². The third-order valence-electron chi connectivity index (χ3n) is 1.99. The molecule has 1 N–H and O–H groups in total. The van der Waals surface area contributed by atoms with Gasteiger partial charge in [0.25, 0.3) is 5.91 Å². The minimum Gasteiger partial charge on any atom is -0.785 e. The number of nitrogens with zero attached hydrogens (tertiary/aromatic N) is 1. The van der Waals surface area contributed by atoms with E-state index in [0.717, 1.165) is 10.6 Å². The monoisotopic (exact) mass is 207 g/mol. The van der Waals surface area contributed by atoms with E-state index in [-0.39, 0.29) is 5.91 Å². The number of carbonyl (C=O) groups is 1. The lowest BCUT2D eigenvalue weighted by molar-refractivity contribution is 0.0951. The van der Waals surface area contributed by atoms with Crippen molar-refractivity contribution in [1.29, 1.82) is 0 Å². The summed E-state index contributed by atoms with van der Waals surface area (Å²) in [6.07, 6.45) is 0. The zero-order chi connectivity index (χ0) is 11.3. The van der Waals surface area contributed by atoms with Gasteiger partial charge in [-0.2, -0.15) is 0 Å². The number of amides is 1. The highest BCUT2D eigenvalue weighted by Gasteiger charge is 2.03. The lowest BCUT2D eigenvalue weighted by atomic mass is 10.1. The van der Waals surface area contributed by atoms with Crippen LogP contribution in [0.4, 0.5) is 0 Å². The van der Waals surface area contributed by atoms with Crippen LogP contribution in [0, 0.1) is 12.1 Å². The van der Waals surface area contributed by atoms with Crippen LogP contribution in [0.5, 0.6) is 0 Å². The number of rotatable bonds is 4. The van der Waals surface area contributed by atoms with Crippen molar-refractivity contribution < 1.29 is 4.79 Å². The summed E-state index contributed by atoms with van der Waals surface area (Å²) in [6.45, 7) is 2.60. The average molecular weight is 207 g/mol. The zero-order valence-corrected chi connectivity index (χ0v) is 8.99. The Labute approximate surface area is 89.5 Å². The van der Waals surface area contributed by atoms with E-state index in [4.69, 9.17) is 0 Å². The van der Waals surface area contributed by atoms with E-state index in [2.05, 4.69) is 5.32 Å². The number of hydrogen-bond acceptors (Lipinski definition) is 3. The molecule has 1 aromatic rings. The van der Waals surface area contributed by atoms with E-state index in [0.29, 0.717) is 18.7 Å². The van der Waals surface area contributed by atoms with E-state index >= 15 is 0 Å². The lowest BCUT2D eigenvalue weighted by Crippen LogP contribution is -2.30. The molecule has 0 unspecified atom stereocenters. The van der Waals surface area contributed by atoms with E-state index in [1.54, 1.807) is 6.07 Å². The minimum atomic E-state index is -0.138. The first kappa shape index (κ1) is 11.7. The highest BCUT2D eigenvalue weighted by molar-refractivity contribution is 5.94. The van der Waals surface area contributed by atoms with Crippen molar-refractivity contribution in [3.05, 3.63) is 40.6 Å². The van der Waals surface area contributed by atoms with Gasteiger partial charge in [0.05, 0.1) is 0 Å². The molecule has 15 heavy (non-hydrogen) atoms. The van der Waals surface area contributed by atoms with Gasteiger partial charge in [0.1, 0.15) is 0 Å². The number of nitrogens with one attached hydrogen (secondary N) is 1. The summed E-state index contributed by atoms with van der Waals surface area (Å²) in [4.78, 5) is 11.5. The normalized spacial score (nSPS) is 10.4. The first-order valence-electron chi connectivity index (χ1n) is 4.83. The summed E-state index contributed by atoms with van der Waals surface area (Å²) in [5, 5.41) is 14.0. The van der Waals surface area contributed by atoms with E-state index in [1.165, 1.54) is 7.05 Å². The standard InChI is InChI=1S/C11H15N2O2/c1-9-4-3-5-10(8-9)11(14)12-6-7-13(2)15/h3-5,8H,6-7H2,1-2H3,(H,12,14)/q-1. The van der Waals surface area contributed by atoms with Crippen LogP contribution in [-0.2, 0) is 0 Å². The van der Waals surface area contributed by atoms with Crippen molar-refractivity contribution in [3.8, 4) is 0 Å². The Kier molecular flexibility index (Phi) is 4.27. The van der Waals surface area contributed by atoms with Crippen molar-refractivity contribution in [1.82, 2.24) is 10.4 Å². The van der Waals surface area contributed by atoms with Gasteiger partial charge in [-0.25, -0.2) is 0 Å². The smallest absolute Gasteiger partial charge is 0.251 e. The first-order valence-corrected chi connectivity index (χ1v) is 4.83. The predicted octanol–water partition coefficient (Wildman–Crippen LogP) is 1.15. The quantitative estimate of drug-likeness (QED) is 0.754. The highest BCUT2D eigenvalue weighted by atomic mass is 16.5. The average Bonchev–Trinajstić information content (AvgIpc) is 2.17. The van der Waals surface area contributed by atoms with Gasteiger partial charge in [0.15, 0.2) is 0 Å². The molecule has 82 valence electrons. The molecule has 0 bridgehead atoms. The second-order valence-electron chi connectivity index (χ2n) is 3.48. The molecule has 1 rings (SSSR count). The Morgan fingerprint density at radius 3 is 2.87 bits per heavy atom. The number of aryl methyl sites for hydroxylation is 1. The van der Waals surface area contributed by atoms with Crippen LogP contribution < -0.4 is 5.32 Å². The van der Waals surface area contributed by atoms with Crippen LogP contribution >= 0.6 is 0 Å². The summed E-state index contributed by atoms with van der Waals surface area (Å²) in [6, 6.07) is 7.34. The van der Waals surface area contributed by atoms with Crippen molar-refractivity contribution in [3.63, 3.8) is 0 Å². The summed E-state index contributed by atoms with van der Waals surface area (Å²) in [5.74, 6) is -0.138. The lowest BCUT2D eigenvalue weighted by Gasteiger charge is -2.21. The molecule has 0 aliphatic rings. The Morgan fingerprint density at radius 1 is 1.53 bits per heavy atom. The molecule has 1 amide bonds. The fourth-order valence-corrected chi connectivity index (χ4v) is 1.22. The number of hydroxylamine groups is 2. The van der Waals surface area contributed by atoms with Gasteiger partial charge in [0.2, 0.25) is 0 Å². The first-order chi connectivity index (χ1) is 7.09. The van der Waals surface area contributed by atoms with Crippen molar-refractivity contribution >= 4 is 5.91 Å². The summed E-state index contributed by atoms with van der Waals surface area (Å²) in [5.41, 5.74) is 1.67. The third-order valence-corrected chi connectivity index (χ3v) is 1.99. The number of benzene rings is 1. The Bertz CT molecular complexity index is 337. The summed E-state index contributed by atoms with van der Waals surface area (Å²) >= 11 is 0. The second kappa shape index (κ2) is 5.48. The minimum absolute atomic E-state index is 0.138. The van der Waals surface area contributed by atoms with Crippen LogP contribution in [0.25, 0.3) is 0 Å². The van der Waals surface area contributed by atoms with Crippen molar-refractivity contribution in [2.24, 2.45) is 0 Å². The molecule has 4 nitrogen and oxygen atoms in total. The van der Waals surface area contributed by atoms with Gasteiger partial charge in [0, 0.05) is 18.7 Å². The third kappa shape index (κ3) is 4.10. The summed E-state index contributed by atoms with van der Waals surface area (Å²) in [7, 11) is 1.43. The SMILES string of the molecule is Cc1cccc(C(=O)NCCN(C)[O-])c1. The van der Waals surface area contributed by atoms with Crippen LogP contribution in [0.3, 0.4) is 0 Å². The molecule has 0 saturated heterocycles. The Morgan fingerprint density at radius 2 is 2.27 bits per heavy atom. The second-order valence-corrected chi connectivity index (χ2v) is 3.48. The zero-order valence-electron chi connectivity index (χ0n) is 8.99. The predicted molar refractivity (Wildman–Crippen MR) is 59.5 cm³/mol. The van der Waals surface area contributed by atoms with Crippen LogP contribution in [0.15, 0.2) is 24.3 Å². The van der Waals surface area contributed by atoms with Gasteiger partial charge in [-0.15, -0.1) is 0 Å². The van der Waals surface area contributed by atoms with E-state index in [1.807, 2.05) is 25.1 Å². The molecule has 0 heterocycles. The molecule has 0 spiro atoms. The molecule has 0 aliphatic heterocycles. The maximum Gasteiger partial charge on any atom is 0.251 e. The molecule has 0 fully saturated rings. The molecule has 0 radical (unpaired) electrons. The van der Waals surface area contributed by atoms with Gasteiger partial charge in [-0.1, -0.05) is 17.7 Å². The van der Waals surface area contributed by atoms with Gasteiger partial charge in [-0.3, -0.25) is 4.79 Å². The highest BCUT2D eigenvalue weighted by Crippen LogP contribution is 2.03. The molecule has 0 aliphatic carbocycles. The molecular weight excluding hydrogens is 192 g/mol. The van der Waals surface area contributed by atoms with E-state index < -0.39 is 0 Å². The largest absolute Gasteiger partial charge is 0.785 e. The van der Waals surface area contributed by atoms with Crippen LogP contribution in [-0.4, -0.2) is 31.1 Å². The topological polar surface area (TPSA) is 55.4 Å². The fraction of sp³-hybridized carbons (Fsp3) is 0.364. The summed E-state index contributed by atoms with van der Waals surface area (Å²) < 4.78 is 0. The maximum absolute atomic E-state index is 11.5. The van der Waals surface area contributed by atoms with E-state index in [9.17, 15) is 10.0 Å².